The number of cyclic esters (lactones) is 1. The van der Waals surface area contributed by atoms with Crippen molar-refractivity contribution < 1.29 is 23.9 Å². The minimum absolute atomic E-state index is 0.0497. The van der Waals surface area contributed by atoms with E-state index in [0.717, 1.165) is 24.8 Å². The zero-order valence-electron chi connectivity index (χ0n) is 21.6. The van der Waals surface area contributed by atoms with Crippen LogP contribution in [0.2, 0.25) is 0 Å². The van der Waals surface area contributed by atoms with Crippen LogP contribution in [0.5, 0.6) is 0 Å². The highest BCUT2D eigenvalue weighted by molar-refractivity contribution is 5.94. The summed E-state index contributed by atoms with van der Waals surface area (Å²) in [5.74, 6) is -2.07. The van der Waals surface area contributed by atoms with Gasteiger partial charge in [-0.05, 0) is 30.7 Å². The Morgan fingerprint density at radius 3 is 2.26 bits per heavy atom. The lowest BCUT2D eigenvalue weighted by Gasteiger charge is -2.29. The predicted octanol–water partition coefficient (Wildman–Crippen LogP) is 2.89. The van der Waals surface area contributed by atoms with E-state index in [9.17, 15) is 19.2 Å². The molecule has 0 spiro atoms. The summed E-state index contributed by atoms with van der Waals surface area (Å²) in [7, 11) is 0. The molecule has 0 aliphatic carbocycles. The number of carbonyl (C=O) groups is 4. The quantitative estimate of drug-likeness (QED) is 0.488. The number of carbonyl (C=O) groups excluding carboxylic acids is 4. The third-order valence-corrected chi connectivity index (χ3v) is 6.75. The van der Waals surface area contributed by atoms with Gasteiger partial charge in [0.2, 0.25) is 17.7 Å². The minimum atomic E-state index is -0.892. The number of unbranched alkanes of at least 4 members (excludes halogenated alkanes) is 1. The lowest BCUT2D eigenvalue weighted by Crippen LogP contribution is -2.55. The van der Waals surface area contributed by atoms with Crippen molar-refractivity contribution in [1.29, 1.82) is 0 Å². The van der Waals surface area contributed by atoms with E-state index >= 15 is 0 Å². The fourth-order valence-electron chi connectivity index (χ4n) is 4.12. The van der Waals surface area contributed by atoms with Gasteiger partial charge in [-0.1, -0.05) is 77.3 Å². The molecule has 8 heteroatoms. The second kappa shape index (κ2) is 13.9. The predicted molar refractivity (Wildman–Crippen MR) is 134 cm³/mol. The van der Waals surface area contributed by atoms with Gasteiger partial charge in [-0.3, -0.25) is 14.4 Å². The van der Waals surface area contributed by atoms with E-state index in [1.807, 2.05) is 51.1 Å². The van der Waals surface area contributed by atoms with Crippen LogP contribution in [0.3, 0.4) is 0 Å². The SMILES string of the molecule is CCCC[C@@H](C)[C@@H]1CC(=O)N[C@@H](Cc2ccccc2)C(=O)N[C@@H](C)C(=O)N[C@H]([C@@H](C)CC)C(=O)O1. The molecule has 0 saturated carbocycles. The van der Waals surface area contributed by atoms with Gasteiger partial charge in [0.05, 0.1) is 6.42 Å². The van der Waals surface area contributed by atoms with Crippen molar-refractivity contribution in [3.8, 4) is 0 Å². The average Bonchev–Trinajstić information content (AvgIpc) is 2.84. The minimum Gasteiger partial charge on any atom is -0.460 e. The molecule has 0 radical (unpaired) electrons. The molecule has 0 unspecified atom stereocenters. The molecule has 0 aromatic heterocycles. The van der Waals surface area contributed by atoms with Crippen LogP contribution < -0.4 is 16.0 Å². The molecule has 2 rings (SSSR count). The molecule has 0 bridgehead atoms. The third-order valence-electron chi connectivity index (χ3n) is 6.75. The largest absolute Gasteiger partial charge is 0.460 e. The summed E-state index contributed by atoms with van der Waals surface area (Å²) in [6.45, 7) is 9.40. The van der Waals surface area contributed by atoms with Crippen LogP contribution in [-0.4, -0.2) is 47.9 Å². The van der Waals surface area contributed by atoms with Crippen LogP contribution in [0.1, 0.15) is 72.3 Å². The molecule has 1 heterocycles. The molecule has 8 nitrogen and oxygen atoms in total. The number of ether oxygens (including phenoxy) is 1. The molecule has 1 aromatic rings. The Hall–Kier alpha value is -2.90. The zero-order chi connectivity index (χ0) is 26.0. The summed E-state index contributed by atoms with van der Waals surface area (Å²) in [5.41, 5.74) is 0.880. The fourth-order valence-corrected chi connectivity index (χ4v) is 4.12. The van der Waals surface area contributed by atoms with Gasteiger partial charge < -0.3 is 20.7 Å². The first-order valence-corrected chi connectivity index (χ1v) is 12.8. The van der Waals surface area contributed by atoms with Crippen LogP contribution in [0, 0.1) is 11.8 Å². The van der Waals surface area contributed by atoms with E-state index < -0.39 is 42.0 Å². The third kappa shape index (κ3) is 8.67. The molecule has 1 aliphatic heterocycles. The van der Waals surface area contributed by atoms with E-state index in [1.165, 1.54) is 0 Å². The summed E-state index contributed by atoms with van der Waals surface area (Å²) in [5, 5.41) is 8.28. The van der Waals surface area contributed by atoms with E-state index in [4.69, 9.17) is 4.74 Å². The van der Waals surface area contributed by atoms with Crippen molar-refractivity contribution in [1.82, 2.24) is 16.0 Å². The molecular weight excluding hydrogens is 446 g/mol. The van der Waals surface area contributed by atoms with Gasteiger partial charge in [0.25, 0.3) is 0 Å². The number of hydrogen-bond acceptors (Lipinski definition) is 5. The molecule has 1 fully saturated rings. The number of benzene rings is 1. The first kappa shape index (κ1) is 28.3. The van der Waals surface area contributed by atoms with Gasteiger partial charge in [0.1, 0.15) is 24.2 Å². The van der Waals surface area contributed by atoms with Crippen LogP contribution in [0.25, 0.3) is 0 Å². The fraction of sp³-hybridized carbons (Fsp3) is 0.630. The van der Waals surface area contributed by atoms with Gasteiger partial charge in [-0.25, -0.2) is 4.79 Å². The second-order valence-electron chi connectivity index (χ2n) is 9.71. The summed E-state index contributed by atoms with van der Waals surface area (Å²) in [6, 6.07) is 6.75. The summed E-state index contributed by atoms with van der Waals surface area (Å²) >= 11 is 0. The first-order chi connectivity index (χ1) is 16.7. The topological polar surface area (TPSA) is 114 Å². The maximum Gasteiger partial charge on any atom is 0.329 e. The van der Waals surface area contributed by atoms with Crippen LogP contribution in [-0.2, 0) is 30.3 Å². The lowest BCUT2D eigenvalue weighted by atomic mass is 9.94. The number of hydrogen-bond donors (Lipinski definition) is 3. The van der Waals surface area contributed by atoms with Crippen molar-refractivity contribution >= 4 is 23.7 Å². The van der Waals surface area contributed by atoms with Gasteiger partial charge in [0, 0.05) is 6.42 Å². The molecular formula is C27H41N3O5. The van der Waals surface area contributed by atoms with Crippen LogP contribution in [0.4, 0.5) is 0 Å². The summed E-state index contributed by atoms with van der Waals surface area (Å²) in [6.07, 6.45) is 2.95. The molecule has 1 aromatic carbocycles. The van der Waals surface area contributed by atoms with Gasteiger partial charge >= 0.3 is 5.97 Å². The van der Waals surface area contributed by atoms with E-state index in [1.54, 1.807) is 6.92 Å². The van der Waals surface area contributed by atoms with E-state index in [0.29, 0.717) is 6.42 Å². The molecule has 1 saturated heterocycles. The van der Waals surface area contributed by atoms with Crippen molar-refractivity contribution in [2.75, 3.05) is 0 Å². The lowest BCUT2D eigenvalue weighted by molar-refractivity contribution is -0.158. The first-order valence-electron chi connectivity index (χ1n) is 12.8. The van der Waals surface area contributed by atoms with Crippen molar-refractivity contribution in [2.45, 2.75) is 97.4 Å². The smallest absolute Gasteiger partial charge is 0.329 e. The average molecular weight is 488 g/mol. The molecule has 35 heavy (non-hydrogen) atoms. The van der Waals surface area contributed by atoms with Crippen molar-refractivity contribution in [3.05, 3.63) is 35.9 Å². The van der Waals surface area contributed by atoms with Gasteiger partial charge in [0.15, 0.2) is 0 Å². The normalized spacial score (nSPS) is 26.1. The van der Waals surface area contributed by atoms with E-state index in [-0.39, 0.29) is 30.6 Å². The monoisotopic (exact) mass is 487 g/mol. The van der Waals surface area contributed by atoms with E-state index in [2.05, 4.69) is 22.9 Å². The molecule has 194 valence electrons. The second-order valence-corrected chi connectivity index (χ2v) is 9.71. The standard InChI is InChI=1S/C27H41N3O5/c1-6-8-12-18(4)22-16-23(31)29-21(15-20-13-10-9-11-14-20)26(33)28-19(5)25(32)30-24(17(3)7-2)27(34)35-22/h9-11,13-14,17-19,21-22,24H,6-8,12,15-16H2,1-5H3,(H,28,33)(H,29,31)(H,30,32)/t17-,18+,19-,21-,22-,24+/m0/s1. The van der Waals surface area contributed by atoms with Crippen molar-refractivity contribution in [3.63, 3.8) is 0 Å². The van der Waals surface area contributed by atoms with Crippen LogP contribution in [0.15, 0.2) is 30.3 Å². The Kier molecular flexibility index (Phi) is 11.2. The highest BCUT2D eigenvalue weighted by atomic mass is 16.5. The Morgan fingerprint density at radius 1 is 0.943 bits per heavy atom. The molecule has 6 atom stereocenters. The Labute approximate surface area is 208 Å². The highest BCUT2D eigenvalue weighted by Gasteiger charge is 2.35. The maximum absolute atomic E-state index is 13.2. The Bertz CT molecular complexity index is 860. The Balaban J connectivity index is 2.37. The number of rotatable bonds is 8. The molecule has 3 N–H and O–H groups in total. The summed E-state index contributed by atoms with van der Waals surface area (Å²) in [4.78, 5) is 52.3. The number of esters is 1. The highest BCUT2D eigenvalue weighted by Crippen LogP contribution is 2.21. The maximum atomic E-state index is 13.2. The van der Waals surface area contributed by atoms with Gasteiger partial charge in [-0.2, -0.15) is 0 Å². The number of nitrogens with one attached hydrogen (secondary N) is 3. The Morgan fingerprint density at radius 2 is 1.63 bits per heavy atom. The number of amides is 3. The molecule has 1 aliphatic rings. The van der Waals surface area contributed by atoms with Crippen LogP contribution >= 0.6 is 0 Å². The molecule has 3 amide bonds. The van der Waals surface area contributed by atoms with Crippen molar-refractivity contribution in [2.24, 2.45) is 11.8 Å². The van der Waals surface area contributed by atoms with Gasteiger partial charge in [-0.15, -0.1) is 0 Å². The zero-order valence-corrected chi connectivity index (χ0v) is 21.6. The summed E-state index contributed by atoms with van der Waals surface area (Å²) < 4.78 is 5.87.